The third-order valence-corrected chi connectivity index (χ3v) is 2.42. The van der Waals surface area contributed by atoms with Crippen molar-refractivity contribution in [3.05, 3.63) is 23.3 Å². The van der Waals surface area contributed by atoms with E-state index >= 15 is 0 Å². The molecule has 1 aromatic rings. The highest BCUT2D eigenvalue weighted by molar-refractivity contribution is 5.49. The normalized spacial score (nSPS) is 11.4. The van der Waals surface area contributed by atoms with Gasteiger partial charge >= 0.3 is 0 Å². The molecule has 0 aliphatic heterocycles. The lowest BCUT2D eigenvalue weighted by Gasteiger charge is -2.20. The van der Waals surface area contributed by atoms with Crippen molar-refractivity contribution in [1.82, 2.24) is 0 Å². The van der Waals surface area contributed by atoms with Gasteiger partial charge in [0, 0.05) is 11.1 Å². The minimum atomic E-state index is -0.585. The van der Waals surface area contributed by atoms with E-state index in [4.69, 9.17) is 15.2 Å². The number of alkyl halides is 1. The molecule has 3 nitrogen and oxygen atoms in total. The first-order valence-electron chi connectivity index (χ1n) is 5.50. The van der Waals surface area contributed by atoms with Crippen molar-refractivity contribution in [2.75, 3.05) is 14.2 Å². The molecule has 0 aliphatic rings. The first kappa shape index (κ1) is 13.8. The van der Waals surface area contributed by atoms with Crippen molar-refractivity contribution < 1.29 is 13.9 Å². The molecule has 17 heavy (non-hydrogen) atoms. The smallest absolute Gasteiger partial charge is 0.166 e. The van der Waals surface area contributed by atoms with Crippen molar-refractivity contribution in [2.24, 2.45) is 5.73 Å². The lowest BCUT2D eigenvalue weighted by molar-refractivity contribution is 0.344. The quantitative estimate of drug-likeness (QED) is 0.861. The average molecular weight is 241 g/mol. The fourth-order valence-electron chi connectivity index (χ4n) is 1.83. The Labute approximate surface area is 102 Å². The summed E-state index contributed by atoms with van der Waals surface area (Å²) in [5, 5.41) is 0. The topological polar surface area (TPSA) is 44.5 Å². The van der Waals surface area contributed by atoms with Crippen molar-refractivity contribution in [3.8, 4) is 11.5 Å². The van der Waals surface area contributed by atoms with Crippen LogP contribution in [0.2, 0.25) is 0 Å². The molecule has 0 unspecified atom stereocenters. The Balaban J connectivity index is 3.18. The summed E-state index contributed by atoms with van der Waals surface area (Å²) in [7, 11) is 3.04. The van der Waals surface area contributed by atoms with Crippen LogP contribution >= 0.6 is 0 Å². The van der Waals surface area contributed by atoms with Crippen molar-refractivity contribution >= 4 is 0 Å². The maximum absolute atomic E-state index is 12.9. The third-order valence-electron chi connectivity index (χ3n) is 2.42. The van der Waals surface area contributed by atoms with E-state index in [2.05, 4.69) is 0 Å². The molecule has 0 amide bonds. The molecule has 0 bridgehead atoms. The highest BCUT2D eigenvalue weighted by atomic mass is 19.1. The van der Waals surface area contributed by atoms with Crippen LogP contribution in [-0.2, 0) is 13.1 Å². The number of ether oxygens (including phenoxy) is 2. The number of methoxy groups -OCH3 is 2. The van der Waals surface area contributed by atoms with Gasteiger partial charge in [0.2, 0.25) is 0 Å². The van der Waals surface area contributed by atoms with Crippen LogP contribution in [0.5, 0.6) is 11.5 Å². The SMILES string of the molecule is COc1cc(CC(C)(C)N)cc(CF)c1OC. The fourth-order valence-corrected chi connectivity index (χ4v) is 1.83. The van der Waals surface area contributed by atoms with Gasteiger partial charge in [0.25, 0.3) is 0 Å². The zero-order chi connectivity index (χ0) is 13.1. The second kappa shape index (κ2) is 5.36. The lowest BCUT2D eigenvalue weighted by atomic mass is 9.94. The molecule has 4 heteroatoms. The average Bonchev–Trinajstić information content (AvgIpc) is 2.25. The lowest BCUT2D eigenvalue weighted by Crippen LogP contribution is -2.34. The first-order valence-corrected chi connectivity index (χ1v) is 5.50. The highest BCUT2D eigenvalue weighted by Crippen LogP contribution is 2.34. The van der Waals surface area contributed by atoms with Crippen molar-refractivity contribution in [2.45, 2.75) is 32.5 Å². The molecule has 96 valence electrons. The summed E-state index contributed by atoms with van der Waals surface area (Å²) in [6, 6.07) is 3.61. The van der Waals surface area contributed by atoms with Crippen molar-refractivity contribution in [1.29, 1.82) is 0 Å². The Kier molecular flexibility index (Phi) is 4.34. The Morgan fingerprint density at radius 3 is 2.29 bits per heavy atom. The predicted octanol–water partition coefficient (Wildman–Crippen LogP) is 2.45. The Morgan fingerprint density at radius 2 is 1.88 bits per heavy atom. The van der Waals surface area contributed by atoms with Gasteiger partial charge in [0.15, 0.2) is 11.5 Å². The highest BCUT2D eigenvalue weighted by Gasteiger charge is 2.17. The molecule has 0 fully saturated rings. The standard InChI is InChI=1S/C13H20FNO2/c1-13(2,15)7-9-5-10(8-14)12(17-4)11(6-9)16-3/h5-6H,7-8,15H2,1-4H3. The number of benzene rings is 1. The van der Waals surface area contributed by atoms with Gasteiger partial charge in [-0.15, -0.1) is 0 Å². The van der Waals surface area contributed by atoms with E-state index in [0.717, 1.165) is 5.56 Å². The van der Waals surface area contributed by atoms with E-state index in [1.165, 1.54) is 14.2 Å². The van der Waals surface area contributed by atoms with Gasteiger partial charge in [-0.25, -0.2) is 4.39 Å². The van der Waals surface area contributed by atoms with E-state index in [9.17, 15) is 4.39 Å². The molecule has 0 aliphatic carbocycles. The summed E-state index contributed by atoms with van der Waals surface area (Å²) < 4.78 is 23.3. The van der Waals surface area contributed by atoms with Crippen LogP contribution in [-0.4, -0.2) is 19.8 Å². The maximum Gasteiger partial charge on any atom is 0.166 e. The molecule has 0 atom stereocenters. The van der Waals surface area contributed by atoms with E-state index in [1.807, 2.05) is 19.9 Å². The van der Waals surface area contributed by atoms with Gasteiger partial charge in [-0.05, 0) is 38.0 Å². The van der Waals surface area contributed by atoms with Crippen molar-refractivity contribution in [3.63, 3.8) is 0 Å². The fraction of sp³-hybridized carbons (Fsp3) is 0.538. The van der Waals surface area contributed by atoms with Crippen LogP contribution < -0.4 is 15.2 Å². The zero-order valence-electron chi connectivity index (χ0n) is 10.8. The molecular formula is C13H20FNO2. The number of rotatable bonds is 5. The number of hydrogen-bond donors (Lipinski definition) is 1. The van der Waals surface area contributed by atoms with Crippen LogP contribution in [0.4, 0.5) is 4.39 Å². The van der Waals surface area contributed by atoms with Gasteiger partial charge in [-0.3, -0.25) is 0 Å². The Bertz CT molecular complexity index is 360. The molecule has 0 saturated heterocycles. The van der Waals surface area contributed by atoms with Crippen LogP contribution in [0.1, 0.15) is 25.0 Å². The van der Waals surface area contributed by atoms with E-state index in [0.29, 0.717) is 23.5 Å². The van der Waals surface area contributed by atoms with E-state index < -0.39 is 6.67 Å². The summed E-state index contributed by atoms with van der Waals surface area (Å²) in [5.74, 6) is 0.996. The van der Waals surface area contributed by atoms with Gasteiger partial charge in [0.1, 0.15) is 6.67 Å². The van der Waals surface area contributed by atoms with Crippen LogP contribution in [0.25, 0.3) is 0 Å². The number of halogens is 1. The minimum Gasteiger partial charge on any atom is -0.493 e. The summed E-state index contributed by atoms with van der Waals surface area (Å²) in [6.07, 6.45) is 0.653. The minimum absolute atomic E-state index is 0.340. The largest absolute Gasteiger partial charge is 0.493 e. The molecule has 0 saturated carbocycles. The predicted molar refractivity (Wildman–Crippen MR) is 66.3 cm³/mol. The van der Waals surface area contributed by atoms with Gasteiger partial charge < -0.3 is 15.2 Å². The molecule has 1 rings (SSSR count). The zero-order valence-corrected chi connectivity index (χ0v) is 10.8. The molecule has 0 spiro atoms. The molecule has 0 heterocycles. The van der Waals surface area contributed by atoms with Crippen LogP contribution in [0, 0.1) is 0 Å². The maximum atomic E-state index is 12.9. The number of nitrogens with two attached hydrogens (primary N) is 1. The third kappa shape index (κ3) is 3.60. The molecule has 0 radical (unpaired) electrons. The number of hydrogen-bond acceptors (Lipinski definition) is 3. The Hall–Kier alpha value is -1.29. The molecule has 2 N–H and O–H groups in total. The van der Waals surface area contributed by atoms with Gasteiger partial charge in [-0.2, -0.15) is 0 Å². The first-order chi connectivity index (χ1) is 7.91. The summed E-state index contributed by atoms with van der Waals surface area (Å²) in [4.78, 5) is 0. The van der Waals surface area contributed by atoms with E-state index in [1.54, 1.807) is 6.07 Å². The van der Waals surface area contributed by atoms with Gasteiger partial charge in [0.05, 0.1) is 14.2 Å². The summed E-state index contributed by atoms with van der Waals surface area (Å²) in [6.45, 7) is 3.27. The second-order valence-electron chi connectivity index (χ2n) is 4.79. The Morgan fingerprint density at radius 1 is 1.24 bits per heavy atom. The molecule has 0 aromatic heterocycles. The van der Waals surface area contributed by atoms with E-state index in [-0.39, 0.29) is 5.54 Å². The summed E-state index contributed by atoms with van der Waals surface area (Å²) >= 11 is 0. The summed E-state index contributed by atoms with van der Waals surface area (Å²) in [5.41, 5.74) is 7.05. The van der Waals surface area contributed by atoms with Gasteiger partial charge in [-0.1, -0.05) is 0 Å². The second-order valence-corrected chi connectivity index (χ2v) is 4.79. The molecule has 1 aromatic carbocycles. The monoisotopic (exact) mass is 241 g/mol. The molecular weight excluding hydrogens is 221 g/mol. The van der Waals surface area contributed by atoms with Crippen LogP contribution in [0.15, 0.2) is 12.1 Å². The van der Waals surface area contributed by atoms with Crippen LogP contribution in [0.3, 0.4) is 0 Å².